The molecular formula is C15H16F2N2. The Kier molecular flexibility index (Phi) is 4.24. The lowest BCUT2D eigenvalue weighted by Gasteiger charge is -2.18. The van der Waals surface area contributed by atoms with Gasteiger partial charge in [0.05, 0.1) is 6.04 Å². The standard InChI is InChI=1S/C15H16F2N2/c1-10-7-13(17)5-6-14(10)15(19-18)9-11-3-2-4-12(16)8-11/h2-8,15,19H,9,18H2,1H3. The lowest BCUT2D eigenvalue weighted by atomic mass is 9.96. The Morgan fingerprint density at radius 2 is 1.84 bits per heavy atom. The van der Waals surface area contributed by atoms with Crippen molar-refractivity contribution in [1.29, 1.82) is 0 Å². The molecule has 0 aliphatic heterocycles. The topological polar surface area (TPSA) is 38.0 Å². The first-order chi connectivity index (χ1) is 9.10. The Hall–Kier alpha value is -1.78. The zero-order valence-electron chi connectivity index (χ0n) is 10.7. The van der Waals surface area contributed by atoms with Crippen LogP contribution in [0.15, 0.2) is 42.5 Å². The molecule has 4 heteroatoms. The summed E-state index contributed by atoms with van der Waals surface area (Å²) in [5, 5.41) is 0. The molecule has 0 spiro atoms. The van der Waals surface area contributed by atoms with Crippen LogP contribution in [0, 0.1) is 18.6 Å². The number of nitrogens with two attached hydrogens (primary N) is 1. The molecule has 2 nitrogen and oxygen atoms in total. The average Bonchev–Trinajstić information content (AvgIpc) is 2.37. The molecule has 100 valence electrons. The first-order valence-electron chi connectivity index (χ1n) is 6.07. The highest BCUT2D eigenvalue weighted by molar-refractivity contribution is 5.31. The molecule has 0 aliphatic carbocycles. The van der Waals surface area contributed by atoms with Crippen LogP contribution in [0.2, 0.25) is 0 Å². The van der Waals surface area contributed by atoms with Crippen LogP contribution < -0.4 is 11.3 Å². The van der Waals surface area contributed by atoms with Gasteiger partial charge in [-0.15, -0.1) is 0 Å². The Balaban J connectivity index is 2.25. The van der Waals surface area contributed by atoms with Crippen molar-refractivity contribution < 1.29 is 8.78 Å². The van der Waals surface area contributed by atoms with Crippen molar-refractivity contribution in [3.05, 3.63) is 70.8 Å². The summed E-state index contributed by atoms with van der Waals surface area (Å²) in [6.07, 6.45) is 0.542. The maximum absolute atomic E-state index is 13.2. The van der Waals surface area contributed by atoms with Crippen LogP contribution in [-0.4, -0.2) is 0 Å². The van der Waals surface area contributed by atoms with E-state index in [0.29, 0.717) is 6.42 Å². The van der Waals surface area contributed by atoms with E-state index in [-0.39, 0.29) is 17.7 Å². The molecule has 19 heavy (non-hydrogen) atoms. The predicted molar refractivity (Wildman–Crippen MR) is 71.3 cm³/mol. The molecule has 1 unspecified atom stereocenters. The number of aryl methyl sites for hydroxylation is 1. The lowest BCUT2D eigenvalue weighted by Crippen LogP contribution is -2.30. The molecule has 0 amide bonds. The summed E-state index contributed by atoms with van der Waals surface area (Å²) < 4.78 is 26.2. The van der Waals surface area contributed by atoms with Crippen LogP contribution in [0.4, 0.5) is 8.78 Å². The van der Waals surface area contributed by atoms with E-state index in [1.807, 2.05) is 13.0 Å². The summed E-state index contributed by atoms with van der Waals surface area (Å²) in [5.41, 5.74) is 5.27. The predicted octanol–water partition coefficient (Wildman–Crippen LogP) is 3.02. The van der Waals surface area contributed by atoms with Gasteiger partial charge >= 0.3 is 0 Å². The number of benzene rings is 2. The van der Waals surface area contributed by atoms with Gasteiger partial charge in [-0.05, 0) is 54.3 Å². The smallest absolute Gasteiger partial charge is 0.123 e. The number of hydrogen-bond acceptors (Lipinski definition) is 2. The fourth-order valence-electron chi connectivity index (χ4n) is 2.19. The lowest BCUT2D eigenvalue weighted by molar-refractivity contribution is 0.543. The average molecular weight is 262 g/mol. The van der Waals surface area contributed by atoms with Crippen molar-refractivity contribution >= 4 is 0 Å². The van der Waals surface area contributed by atoms with Gasteiger partial charge in [0.15, 0.2) is 0 Å². The van der Waals surface area contributed by atoms with E-state index in [4.69, 9.17) is 5.84 Å². The van der Waals surface area contributed by atoms with Crippen molar-refractivity contribution in [3.63, 3.8) is 0 Å². The van der Waals surface area contributed by atoms with Crippen LogP contribution >= 0.6 is 0 Å². The maximum Gasteiger partial charge on any atom is 0.123 e. The van der Waals surface area contributed by atoms with E-state index < -0.39 is 0 Å². The molecule has 0 bridgehead atoms. The molecule has 1 atom stereocenters. The molecule has 0 fully saturated rings. The second kappa shape index (κ2) is 5.91. The van der Waals surface area contributed by atoms with Crippen LogP contribution in [0.25, 0.3) is 0 Å². The van der Waals surface area contributed by atoms with Crippen LogP contribution in [-0.2, 0) is 6.42 Å². The molecule has 2 aromatic rings. The highest BCUT2D eigenvalue weighted by Gasteiger charge is 2.13. The van der Waals surface area contributed by atoms with E-state index in [2.05, 4.69) is 5.43 Å². The van der Waals surface area contributed by atoms with E-state index in [1.54, 1.807) is 12.1 Å². The Morgan fingerprint density at radius 3 is 2.47 bits per heavy atom. The minimum Gasteiger partial charge on any atom is -0.271 e. The summed E-state index contributed by atoms with van der Waals surface area (Å²) in [7, 11) is 0. The third-order valence-electron chi connectivity index (χ3n) is 3.14. The quantitative estimate of drug-likeness (QED) is 0.656. The van der Waals surface area contributed by atoms with Crippen molar-refractivity contribution in [2.45, 2.75) is 19.4 Å². The molecule has 3 N–H and O–H groups in total. The van der Waals surface area contributed by atoms with E-state index in [0.717, 1.165) is 16.7 Å². The maximum atomic E-state index is 13.2. The zero-order chi connectivity index (χ0) is 13.8. The van der Waals surface area contributed by atoms with E-state index >= 15 is 0 Å². The Bertz CT molecular complexity index is 570. The zero-order valence-corrected chi connectivity index (χ0v) is 10.7. The minimum atomic E-state index is -0.275. The summed E-state index contributed by atoms with van der Waals surface area (Å²) in [5.74, 6) is 5.01. The minimum absolute atomic E-state index is 0.178. The SMILES string of the molecule is Cc1cc(F)ccc1C(Cc1cccc(F)c1)NN. The Labute approximate surface area is 111 Å². The highest BCUT2D eigenvalue weighted by Crippen LogP contribution is 2.22. The second-order valence-corrected chi connectivity index (χ2v) is 4.55. The summed E-state index contributed by atoms with van der Waals surface area (Å²) in [4.78, 5) is 0. The number of hydrazine groups is 1. The normalized spacial score (nSPS) is 12.4. The number of rotatable bonds is 4. The van der Waals surface area contributed by atoms with Crippen LogP contribution in [0.1, 0.15) is 22.7 Å². The van der Waals surface area contributed by atoms with Gasteiger partial charge in [-0.1, -0.05) is 18.2 Å². The number of hydrogen-bond donors (Lipinski definition) is 2. The van der Waals surface area contributed by atoms with Gasteiger partial charge in [0.25, 0.3) is 0 Å². The molecule has 0 aromatic heterocycles. The molecular weight excluding hydrogens is 246 g/mol. The molecule has 0 saturated heterocycles. The van der Waals surface area contributed by atoms with Gasteiger partial charge in [0.1, 0.15) is 11.6 Å². The fourth-order valence-corrected chi connectivity index (χ4v) is 2.19. The van der Waals surface area contributed by atoms with Gasteiger partial charge in [-0.3, -0.25) is 11.3 Å². The van der Waals surface area contributed by atoms with Gasteiger partial charge in [-0.2, -0.15) is 0 Å². The summed E-state index contributed by atoms with van der Waals surface area (Å²) in [6.45, 7) is 1.83. The van der Waals surface area contributed by atoms with Gasteiger partial charge < -0.3 is 0 Å². The first kappa shape index (κ1) is 13.6. The van der Waals surface area contributed by atoms with E-state index in [1.165, 1.54) is 24.3 Å². The molecule has 0 radical (unpaired) electrons. The monoisotopic (exact) mass is 262 g/mol. The van der Waals surface area contributed by atoms with Crippen molar-refractivity contribution in [2.24, 2.45) is 5.84 Å². The molecule has 0 aliphatic rings. The largest absolute Gasteiger partial charge is 0.271 e. The summed E-state index contributed by atoms with van der Waals surface area (Å²) in [6, 6.07) is 10.8. The highest BCUT2D eigenvalue weighted by atomic mass is 19.1. The first-order valence-corrected chi connectivity index (χ1v) is 6.07. The molecule has 2 aromatic carbocycles. The summed E-state index contributed by atoms with van der Waals surface area (Å²) >= 11 is 0. The van der Waals surface area contributed by atoms with Crippen molar-refractivity contribution in [3.8, 4) is 0 Å². The molecule has 2 rings (SSSR count). The van der Waals surface area contributed by atoms with Crippen molar-refractivity contribution in [1.82, 2.24) is 5.43 Å². The molecule has 0 heterocycles. The molecule has 0 saturated carbocycles. The van der Waals surface area contributed by atoms with E-state index in [9.17, 15) is 8.78 Å². The van der Waals surface area contributed by atoms with Gasteiger partial charge in [0, 0.05) is 0 Å². The van der Waals surface area contributed by atoms with Gasteiger partial charge in [-0.25, -0.2) is 8.78 Å². The Morgan fingerprint density at radius 1 is 1.11 bits per heavy atom. The fraction of sp³-hybridized carbons (Fsp3) is 0.200. The van der Waals surface area contributed by atoms with Crippen LogP contribution in [0.3, 0.4) is 0 Å². The second-order valence-electron chi connectivity index (χ2n) is 4.55. The number of nitrogens with one attached hydrogen (secondary N) is 1. The third-order valence-corrected chi connectivity index (χ3v) is 3.14. The van der Waals surface area contributed by atoms with Crippen LogP contribution in [0.5, 0.6) is 0 Å². The number of halogens is 2. The third kappa shape index (κ3) is 3.36. The van der Waals surface area contributed by atoms with Crippen molar-refractivity contribution in [2.75, 3.05) is 0 Å². The van der Waals surface area contributed by atoms with Gasteiger partial charge in [0.2, 0.25) is 0 Å².